The molecule has 2 amide bonds. The lowest BCUT2D eigenvalue weighted by Crippen LogP contribution is -2.71. The minimum absolute atomic E-state index is 0.0256. The number of thioether (sulfide) groups is 1. The van der Waals surface area contributed by atoms with Gasteiger partial charge in [-0.25, -0.2) is 4.79 Å². The highest BCUT2D eigenvalue weighted by Crippen LogP contribution is 2.40. The van der Waals surface area contributed by atoms with Crippen molar-refractivity contribution in [2.24, 2.45) is 0 Å². The van der Waals surface area contributed by atoms with E-state index in [0.29, 0.717) is 0 Å². The number of hydrogen-bond donors (Lipinski definition) is 4. The fraction of sp³-hybridized carbons (Fsp3) is 0.333. The molecule has 2 aliphatic heterocycles. The fourth-order valence-corrected chi connectivity index (χ4v) is 4.35. The summed E-state index contributed by atoms with van der Waals surface area (Å²) in [5.41, 5.74) is 0.260. The quantitative estimate of drug-likeness (QED) is 0.358. The minimum atomic E-state index is -1.56. The molecule has 10 nitrogen and oxygen atoms in total. The standard InChI is InChI=1S/C18H18N2O8S/c1-8(21)28-6-10-7-29-17-12(16(25)20(17)13(10)18(26)27)19-15(24)14(23)9-2-4-11(22)5-3-9/h2-5,12,14,17,22-23H,6-7H2,1H3,(H,19,24)(H,26,27). The number of rotatable bonds is 6. The topological polar surface area (TPSA) is 153 Å². The Morgan fingerprint density at radius 2 is 1.97 bits per heavy atom. The molecule has 1 saturated heterocycles. The van der Waals surface area contributed by atoms with Crippen LogP contribution in [0.5, 0.6) is 5.75 Å². The number of benzene rings is 1. The van der Waals surface area contributed by atoms with Crippen LogP contribution in [0.25, 0.3) is 0 Å². The van der Waals surface area contributed by atoms with E-state index in [-0.39, 0.29) is 34.9 Å². The second kappa shape index (κ2) is 8.13. The number of fused-ring (bicyclic) bond motifs is 1. The number of carbonyl (C=O) groups is 4. The molecule has 1 aromatic rings. The molecule has 0 aromatic heterocycles. The van der Waals surface area contributed by atoms with Gasteiger partial charge in [0.2, 0.25) is 0 Å². The molecule has 3 rings (SSSR count). The molecule has 2 aliphatic rings. The zero-order valence-corrected chi connectivity index (χ0v) is 16.0. The maximum atomic E-state index is 12.5. The minimum Gasteiger partial charge on any atom is -0.508 e. The highest BCUT2D eigenvalue weighted by molar-refractivity contribution is 8.00. The van der Waals surface area contributed by atoms with Crippen molar-refractivity contribution < 1.29 is 39.2 Å². The largest absolute Gasteiger partial charge is 0.508 e. The first kappa shape index (κ1) is 20.7. The third-order valence-electron chi connectivity index (χ3n) is 4.45. The smallest absolute Gasteiger partial charge is 0.352 e. The van der Waals surface area contributed by atoms with E-state index in [1.165, 1.54) is 43.0 Å². The van der Waals surface area contributed by atoms with Gasteiger partial charge in [0.25, 0.3) is 11.8 Å². The average Bonchev–Trinajstić information content (AvgIpc) is 2.69. The van der Waals surface area contributed by atoms with Crippen LogP contribution in [0.4, 0.5) is 0 Å². The van der Waals surface area contributed by atoms with Crippen molar-refractivity contribution in [2.45, 2.75) is 24.4 Å². The molecule has 1 fully saturated rings. The molecule has 3 atom stereocenters. The highest BCUT2D eigenvalue weighted by Gasteiger charge is 2.54. The number of aliphatic hydroxyl groups is 1. The second-order valence-electron chi connectivity index (χ2n) is 6.43. The lowest BCUT2D eigenvalue weighted by Gasteiger charge is -2.49. The van der Waals surface area contributed by atoms with Crippen LogP contribution in [-0.2, 0) is 23.9 Å². The van der Waals surface area contributed by atoms with E-state index in [9.17, 15) is 34.5 Å². The molecule has 29 heavy (non-hydrogen) atoms. The SMILES string of the molecule is CC(=O)OCC1=C(C(=O)O)N2C(=O)C(NC(=O)C(O)c3ccc(O)cc3)C2SC1. The number of hydrogen-bond acceptors (Lipinski definition) is 8. The van der Waals surface area contributed by atoms with Gasteiger partial charge in [0.05, 0.1) is 0 Å². The summed E-state index contributed by atoms with van der Waals surface area (Å²) in [6, 6.07) is 4.37. The van der Waals surface area contributed by atoms with Crippen LogP contribution in [0.3, 0.4) is 0 Å². The molecule has 2 heterocycles. The van der Waals surface area contributed by atoms with Gasteiger partial charge in [0.1, 0.15) is 29.5 Å². The van der Waals surface area contributed by atoms with Crippen molar-refractivity contribution in [3.8, 4) is 5.75 Å². The number of phenolic OH excluding ortho intramolecular Hbond substituents is 1. The number of esters is 1. The molecule has 154 valence electrons. The van der Waals surface area contributed by atoms with Gasteiger partial charge in [-0.15, -0.1) is 11.8 Å². The number of carboxylic acid groups (broad SMARTS) is 1. The Kier molecular flexibility index (Phi) is 5.80. The molecule has 4 N–H and O–H groups in total. The van der Waals surface area contributed by atoms with Gasteiger partial charge in [0.15, 0.2) is 6.10 Å². The molecule has 3 unspecified atom stereocenters. The first-order chi connectivity index (χ1) is 13.7. The Morgan fingerprint density at radius 1 is 1.31 bits per heavy atom. The summed E-state index contributed by atoms with van der Waals surface area (Å²) >= 11 is 1.22. The summed E-state index contributed by atoms with van der Waals surface area (Å²) in [7, 11) is 0. The summed E-state index contributed by atoms with van der Waals surface area (Å²) in [6.45, 7) is 0.955. The van der Waals surface area contributed by atoms with Gasteiger partial charge < -0.3 is 25.4 Å². The normalized spacial score (nSPS) is 21.7. The maximum Gasteiger partial charge on any atom is 0.352 e. The molecular weight excluding hydrogens is 404 g/mol. The van der Waals surface area contributed by atoms with E-state index in [1.54, 1.807) is 0 Å². The Bertz CT molecular complexity index is 898. The third-order valence-corrected chi connectivity index (χ3v) is 5.79. The van der Waals surface area contributed by atoms with E-state index in [2.05, 4.69) is 5.32 Å². The van der Waals surface area contributed by atoms with Crippen molar-refractivity contribution in [3.63, 3.8) is 0 Å². The van der Waals surface area contributed by atoms with Crippen LogP contribution in [0.15, 0.2) is 35.5 Å². The van der Waals surface area contributed by atoms with Crippen LogP contribution in [0.1, 0.15) is 18.6 Å². The number of aliphatic carboxylic acids is 1. The maximum absolute atomic E-state index is 12.5. The van der Waals surface area contributed by atoms with Crippen LogP contribution >= 0.6 is 11.8 Å². The predicted octanol–water partition coefficient (Wildman–Crippen LogP) is -0.273. The summed E-state index contributed by atoms with van der Waals surface area (Å²) in [5, 5.41) is 30.7. The van der Waals surface area contributed by atoms with Gasteiger partial charge in [0, 0.05) is 18.2 Å². The molecule has 0 aliphatic carbocycles. The summed E-state index contributed by atoms with van der Waals surface area (Å²) < 4.78 is 4.85. The zero-order chi connectivity index (χ0) is 21.3. The molecule has 11 heteroatoms. The van der Waals surface area contributed by atoms with Gasteiger partial charge in [-0.3, -0.25) is 19.3 Å². The number of nitrogens with one attached hydrogen (secondary N) is 1. The predicted molar refractivity (Wildman–Crippen MR) is 99.4 cm³/mol. The van der Waals surface area contributed by atoms with E-state index in [4.69, 9.17) is 4.74 Å². The number of carbonyl (C=O) groups excluding carboxylic acids is 3. The first-order valence-corrected chi connectivity index (χ1v) is 9.56. The molecular formula is C18H18N2O8S. The molecule has 0 bridgehead atoms. The monoisotopic (exact) mass is 422 g/mol. The fourth-order valence-electron chi connectivity index (χ4n) is 3.02. The number of carboxylic acids is 1. The molecule has 0 radical (unpaired) electrons. The van der Waals surface area contributed by atoms with Gasteiger partial charge in [-0.2, -0.15) is 0 Å². The van der Waals surface area contributed by atoms with Crippen LogP contribution < -0.4 is 5.32 Å². The summed E-state index contributed by atoms with van der Waals surface area (Å²) in [4.78, 5) is 48.5. The number of aromatic hydroxyl groups is 1. The number of nitrogens with zero attached hydrogens (tertiary/aromatic N) is 1. The highest BCUT2D eigenvalue weighted by atomic mass is 32.2. The van der Waals surface area contributed by atoms with Crippen LogP contribution in [0.2, 0.25) is 0 Å². The lowest BCUT2D eigenvalue weighted by atomic mass is 10.0. The van der Waals surface area contributed by atoms with Crippen molar-refractivity contribution in [3.05, 3.63) is 41.1 Å². The Balaban J connectivity index is 1.71. The summed E-state index contributed by atoms with van der Waals surface area (Å²) in [6.07, 6.45) is -1.56. The average molecular weight is 422 g/mol. The Hall–Kier alpha value is -3.05. The number of ether oxygens (including phenoxy) is 1. The van der Waals surface area contributed by atoms with Gasteiger partial charge in [-0.1, -0.05) is 12.1 Å². The number of aliphatic hydroxyl groups excluding tert-OH is 1. The Labute approximate surface area is 169 Å². The van der Waals surface area contributed by atoms with E-state index < -0.39 is 41.3 Å². The third kappa shape index (κ3) is 4.05. The van der Waals surface area contributed by atoms with E-state index >= 15 is 0 Å². The summed E-state index contributed by atoms with van der Waals surface area (Å²) in [5.74, 6) is -3.18. The van der Waals surface area contributed by atoms with Gasteiger partial charge >= 0.3 is 11.9 Å². The lowest BCUT2D eigenvalue weighted by molar-refractivity contribution is -0.152. The zero-order valence-electron chi connectivity index (χ0n) is 15.2. The first-order valence-electron chi connectivity index (χ1n) is 8.51. The Morgan fingerprint density at radius 3 is 2.55 bits per heavy atom. The number of phenols is 1. The number of amides is 2. The van der Waals surface area contributed by atoms with Gasteiger partial charge in [-0.05, 0) is 17.7 Å². The molecule has 0 saturated carbocycles. The number of β-lactam (4-membered cyclic amide) rings is 1. The van der Waals surface area contributed by atoms with Crippen molar-refractivity contribution in [1.29, 1.82) is 0 Å². The van der Waals surface area contributed by atoms with Crippen molar-refractivity contribution in [1.82, 2.24) is 10.2 Å². The van der Waals surface area contributed by atoms with Crippen molar-refractivity contribution in [2.75, 3.05) is 12.4 Å². The van der Waals surface area contributed by atoms with E-state index in [1.807, 2.05) is 0 Å². The van der Waals surface area contributed by atoms with Crippen LogP contribution in [-0.4, -0.2) is 67.7 Å². The van der Waals surface area contributed by atoms with Crippen LogP contribution in [0, 0.1) is 0 Å². The molecule has 1 aromatic carbocycles. The van der Waals surface area contributed by atoms with Crippen molar-refractivity contribution >= 4 is 35.5 Å². The second-order valence-corrected chi connectivity index (χ2v) is 7.53. The molecule has 0 spiro atoms. The van der Waals surface area contributed by atoms with E-state index in [0.717, 1.165) is 4.90 Å².